The van der Waals surface area contributed by atoms with Crippen molar-refractivity contribution >= 4 is 27.6 Å². The van der Waals surface area contributed by atoms with Gasteiger partial charge in [-0.05, 0) is 35.9 Å². The second-order valence-corrected chi connectivity index (χ2v) is 6.94. The van der Waals surface area contributed by atoms with Crippen LogP contribution in [0, 0.1) is 0 Å². The summed E-state index contributed by atoms with van der Waals surface area (Å²) < 4.78 is 31.4. The number of hydrogen-bond acceptors (Lipinski definition) is 4. The summed E-state index contributed by atoms with van der Waals surface area (Å²) in [6.07, 6.45) is 0. The Kier molecular flexibility index (Phi) is 5.76. The minimum atomic E-state index is -3.61. The smallest absolute Gasteiger partial charge is 0.338 e. The van der Waals surface area contributed by atoms with E-state index in [0.717, 1.165) is 5.56 Å². The van der Waals surface area contributed by atoms with Crippen molar-refractivity contribution in [2.45, 2.75) is 18.4 Å². The zero-order valence-corrected chi connectivity index (χ0v) is 14.0. The number of nitrogens with one attached hydrogen (secondary N) is 1. The molecule has 0 heterocycles. The van der Waals surface area contributed by atoms with E-state index in [2.05, 4.69) is 4.72 Å². The summed E-state index contributed by atoms with van der Waals surface area (Å²) in [4.78, 5) is 12.1. The summed E-state index contributed by atoms with van der Waals surface area (Å²) in [5.74, 6) is -0.599. The second kappa shape index (κ2) is 7.59. The summed E-state index contributed by atoms with van der Waals surface area (Å²) in [7, 11) is -3.61. The van der Waals surface area contributed by atoms with Crippen LogP contribution in [0.4, 0.5) is 0 Å². The predicted octanol–water partition coefficient (Wildman–Crippen LogP) is 3.00. The van der Waals surface area contributed by atoms with Crippen molar-refractivity contribution in [3.8, 4) is 0 Å². The van der Waals surface area contributed by atoms with Gasteiger partial charge < -0.3 is 4.74 Å². The van der Waals surface area contributed by atoms with Gasteiger partial charge in [0, 0.05) is 11.6 Å². The lowest BCUT2D eigenvalue weighted by Gasteiger charge is -2.08. The fraction of sp³-hybridized carbons (Fsp3) is 0.188. The molecule has 1 N–H and O–H groups in total. The molecule has 0 aromatic heterocycles. The van der Waals surface area contributed by atoms with Gasteiger partial charge in [0.05, 0.1) is 10.5 Å². The molecule has 0 spiro atoms. The van der Waals surface area contributed by atoms with Crippen molar-refractivity contribution in [2.24, 2.45) is 0 Å². The molecule has 2 aromatic carbocycles. The molecule has 0 aliphatic rings. The zero-order valence-electron chi connectivity index (χ0n) is 12.5. The average molecular weight is 354 g/mol. The summed E-state index contributed by atoms with van der Waals surface area (Å²) in [6.45, 7) is 2.01. The first-order valence-corrected chi connectivity index (χ1v) is 8.80. The van der Waals surface area contributed by atoms with Crippen molar-refractivity contribution in [1.82, 2.24) is 4.72 Å². The van der Waals surface area contributed by atoms with Gasteiger partial charge in [0.1, 0.15) is 6.61 Å². The highest BCUT2D eigenvalue weighted by Crippen LogP contribution is 2.15. The number of hydrogen-bond donors (Lipinski definition) is 1. The highest BCUT2D eigenvalue weighted by Gasteiger charge is 2.16. The first kappa shape index (κ1) is 17.5. The standard InChI is InChI=1S/C16H16ClNO4S/c1-2-18-23(20,21)15-8-4-6-13(10-15)16(19)22-11-12-5-3-7-14(17)9-12/h3-10,18H,2,11H2,1H3. The van der Waals surface area contributed by atoms with Crippen molar-refractivity contribution in [3.63, 3.8) is 0 Å². The van der Waals surface area contributed by atoms with E-state index in [4.69, 9.17) is 16.3 Å². The summed E-state index contributed by atoms with van der Waals surface area (Å²) >= 11 is 5.86. The topological polar surface area (TPSA) is 72.5 Å². The van der Waals surface area contributed by atoms with Crippen LogP contribution in [-0.4, -0.2) is 20.9 Å². The van der Waals surface area contributed by atoms with E-state index in [1.165, 1.54) is 24.3 Å². The molecule has 0 unspecified atom stereocenters. The van der Waals surface area contributed by atoms with E-state index in [1.807, 2.05) is 0 Å². The molecule has 0 fully saturated rings. The van der Waals surface area contributed by atoms with Crippen LogP contribution in [0.5, 0.6) is 0 Å². The predicted molar refractivity (Wildman–Crippen MR) is 87.9 cm³/mol. The van der Waals surface area contributed by atoms with Gasteiger partial charge in [-0.1, -0.05) is 36.7 Å². The monoisotopic (exact) mass is 353 g/mol. The van der Waals surface area contributed by atoms with Gasteiger partial charge in [-0.3, -0.25) is 0 Å². The van der Waals surface area contributed by atoms with Crippen molar-refractivity contribution in [3.05, 3.63) is 64.7 Å². The summed E-state index contributed by atoms with van der Waals surface area (Å²) in [6, 6.07) is 12.7. The molecule has 2 rings (SSSR count). The minimum absolute atomic E-state index is 0.0246. The Morgan fingerprint density at radius 3 is 2.61 bits per heavy atom. The van der Waals surface area contributed by atoms with Gasteiger partial charge in [-0.2, -0.15) is 0 Å². The van der Waals surface area contributed by atoms with Crippen molar-refractivity contribution < 1.29 is 17.9 Å². The van der Waals surface area contributed by atoms with E-state index < -0.39 is 16.0 Å². The van der Waals surface area contributed by atoms with Gasteiger partial charge in [-0.25, -0.2) is 17.9 Å². The normalized spacial score (nSPS) is 11.2. The van der Waals surface area contributed by atoms with Crippen LogP contribution in [0.1, 0.15) is 22.8 Å². The van der Waals surface area contributed by atoms with E-state index in [9.17, 15) is 13.2 Å². The van der Waals surface area contributed by atoms with Gasteiger partial charge in [0.15, 0.2) is 0 Å². The van der Waals surface area contributed by atoms with Crippen LogP contribution >= 0.6 is 11.6 Å². The Morgan fingerprint density at radius 2 is 1.91 bits per heavy atom. The minimum Gasteiger partial charge on any atom is -0.457 e. The number of carbonyl (C=O) groups excluding carboxylic acids is 1. The molecule has 2 aromatic rings. The number of carbonyl (C=O) groups is 1. The highest BCUT2D eigenvalue weighted by atomic mass is 35.5. The molecule has 23 heavy (non-hydrogen) atoms. The quantitative estimate of drug-likeness (QED) is 0.810. The third kappa shape index (κ3) is 4.79. The van der Waals surface area contributed by atoms with Gasteiger partial charge >= 0.3 is 5.97 Å². The molecule has 122 valence electrons. The zero-order chi connectivity index (χ0) is 16.9. The molecule has 0 amide bonds. The molecule has 0 bridgehead atoms. The van der Waals surface area contributed by atoms with E-state index in [0.29, 0.717) is 5.02 Å². The van der Waals surface area contributed by atoms with Crippen LogP contribution < -0.4 is 4.72 Å². The van der Waals surface area contributed by atoms with Gasteiger partial charge in [0.2, 0.25) is 10.0 Å². The molecule has 0 radical (unpaired) electrons. The van der Waals surface area contributed by atoms with Gasteiger partial charge in [0.25, 0.3) is 0 Å². The fourth-order valence-corrected chi connectivity index (χ4v) is 3.22. The largest absolute Gasteiger partial charge is 0.457 e. The molecular weight excluding hydrogens is 338 g/mol. The Morgan fingerprint density at radius 1 is 1.17 bits per heavy atom. The maximum atomic E-state index is 12.1. The molecule has 0 atom stereocenters. The number of ether oxygens (including phenoxy) is 1. The summed E-state index contributed by atoms with van der Waals surface area (Å²) in [5.41, 5.74) is 0.924. The van der Waals surface area contributed by atoms with Crippen molar-refractivity contribution in [1.29, 1.82) is 0 Å². The lowest BCUT2D eigenvalue weighted by atomic mass is 10.2. The van der Waals surface area contributed by atoms with Crippen LogP contribution in [-0.2, 0) is 21.4 Å². The SMILES string of the molecule is CCNS(=O)(=O)c1cccc(C(=O)OCc2cccc(Cl)c2)c1. The Labute approximate surface area is 140 Å². The number of esters is 1. The van der Waals surface area contributed by atoms with Crippen LogP contribution in [0.2, 0.25) is 5.02 Å². The van der Waals surface area contributed by atoms with E-state index in [1.54, 1.807) is 31.2 Å². The number of halogens is 1. The number of benzene rings is 2. The van der Waals surface area contributed by atoms with E-state index >= 15 is 0 Å². The third-order valence-electron chi connectivity index (χ3n) is 2.97. The average Bonchev–Trinajstić information content (AvgIpc) is 2.53. The highest BCUT2D eigenvalue weighted by molar-refractivity contribution is 7.89. The molecule has 0 saturated carbocycles. The van der Waals surface area contributed by atoms with Crippen molar-refractivity contribution in [2.75, 3.05) is 6.54 Å². The molecule has 5 nitrogen and oxygen atoms in total. The number of sulfonamides is 1. The second-order valence-electron chi connectivity index (χ2n) is 4.74. The third-order valence-corrected chi connectivity index (χ3v) is 4.75. The maximum Gasteiger partial charge on any atom is 0.338 e. The molecular formula is C16H16ClNO4S. The molecule has 0 aliphatic carbocycles. The van der Waals surface area contributed by atoms with Crippen LogP contribution in [0.15, 0.2) is 53.4 Å². The number of rotatable bonds is 6. The molecule has 0 aliphatic heterocycles. The lowest BCUT2D eigenvalue weighted by Crippen LogP contribution is -2.23. The fourth-order valence-electron chi connectivity index (χ4n) is 1.92. The first-order chi connectivity index (χ1) is 10.9. The maximum absolute atomic E-state index is 12.1. The first-order valence-electron chi connectivity index (χ1n) is 6.93. The van der Waals surface area contributed by atoms with E-state index in [-0.39, 0.29) is 23.6 Å². The molecule has 0 saturated heterocycles. The van der Waals surface area contributed by atoms with Crippen LogP contribution in [0.3, 0.4) is 0 Å². The Bertz CT molecular complexity index is 805. The van der Waals surface area contributed by atoms with Crippen LogP contribution in [0.25, 0.3) is 0 Å². The lowest BCUT2D eigenvalue weighted by molar-refractivity contribution is 0.0472. The Hall–Kier alpha value is -1.89. The summed E-state index contributed by atoms with van der Waals surface area (Å²) in [5, 5.41) is 0.553. The Balaban J connectivity index is 2.11. The molecule has 7 heteroatoms. The van der Waals surface area contributed by atoms with Gasteiger partial charge in [-0.15, -0.1) is 0 Å².